The largest absolute Gasteiger partial charge is 0.481 e. The second kappa shape index (κ2) is 6.14. The number of hydrogen-bond donors (Lipinski definition) is 2. The molecule has 0 radical (unpaired) electrons. The van der Waals surface area contributed by atoms with Gasteiger partial charge in [0.25, 0.3) is 5.91 Å². The van der Waals surface area contributed by atoms with Gasteiger partial charge in [-0.1, -0.05) is 23.7 Å². The van der Waals surface area contributed by atoms with E-state index in [1.807, 2.05) is 0 Å². The molecule has 0 aliphatic carbocycles. The molecule has 1 heterocycles. The Morgan fingerprint density at radius 2 is 1.83 bits per heavy atom. The molecule has 0 fully saturated rings. The molecule has 2 aromatic carbocycles. The number of carbonyl (C=O) groups is 2. The molecule has 1 amide bonds. The maximum absolute atomic E-state index is 12.2. The highest BCUT2D eigenvalue weighted by Gasteiger charge is 2.13. The lowest BCUT2D eigenvalue weighted by atomic mass is 10.1. The summed E-state index contributed by atoms with van der Waals surface area (Å²) in [4.78, 5) is 22.8. The fourth-order valence-corrected chi connectivity index (χ4v) is 2.38. The average Bonchev–Trinajstić information content (AvgIpc) is 2.92. The van der Waals surface area contributed by atoms with Crippen molar-refractivity contribution in [2.24, 2.45) is 0 Å². The number of aliphatic carboxylic acids is 1. The highest BCUT2D eigenvalue weighted by Crippen LogP contribution is 2.23. The van der Waals surface area contributed by atoms with E-state index >= 15 is 0 Å². The lowest BCUT2D eigenvalue weighted by molar-refractivity contribution is -0.136. The van der Waals surface area contributed by atoms with Crippen LogP contribution in [0.2, 0.25) is 5.02 Å². The van der Waals surface area contributed by atoms with Gasteiger partial charge in [-0.2, -0.15) is 0 Å². The number of carboxylic acid groups (broad SMARTS) is 1. The Bertz CT molecular complexity index is 883. The molecule has 0 saturated carbocycles. The van der Waals surface area contributed by atoms with E-state index in [2.05, 4.69) is 5.32 Å². The summed E-state index contributed by atoms with van der Waals surface area (Å²) in [5, 5.41) is 12.7. The van der Waals surface area contributed by atoms with Crippen molar-refractivity contribution >= 4 is 40.1 Å². The first-order valence-electron chi connectivity index (χ1n) is 6.82. The van der Waals surface area contributed by atoms with Gasteiger partial charge in [-0.25, -0.2) is 0 Å². The fourth-order valence-electron chi connectivity index (χ4n) is 2.20. The molecule has 0 aliphatic heterocycles. The van der Waals surface area contributed by atoms with Gasteiger partial charge in [-0.15, -0.1) is 0 Å². The van der Waals surface area contributed by atoms with Crippen LogP contribution in [0.4, 0.5) is 5.69 Å². The third kappa shape index (κ3) is 3.52. The molecule has 0 unspecified atom stereocenters. The molecule has 6 heteroatoms. The summed E-state index contributed by atoms with van der Waals surface area (Å²) >= 11 is 5.90. The van der Waals surface area contributed by atoms with Gasteiger partial charge in [0.1, 0.15) is 5.58 Å². The summed E-state index contributed by atoms with van der Waals surface area (Å²) < 4.78 is 5.48. The zero-order chi connectivity index (χ0) is 16.4. The molecule has 3 aromatic rings. The van der Waals surface area contributed by atoms with Crippen LogP contribution in [0.25, 0.3) is 11.0 Å². The van der Waals surface area contributed by atoms with E-state index in [-0.39, 0.29) is 18.1 Å². The third-order valence-electron chi connectivity index (χ3n) is 3.27. The van der Waals surface area contributed by atoms with Crippen molar-refractivity contribution in [3.63, 3.8) is 0 Å². The van der Waals surface area contributed by atoms with Crippen molar-refractivity contribution in [1.29, 1.82) is 0 Å². The molecule has 0 atom stereocenters. The summed E-state index contributed by atoms with van der Waals surface area (Å²) in [6, 6.07) is 13.3. The summed E-state index contributed by atoms with van der Waals surface area (Å²) in [5.41, 5.74) is 1.80. The predicted octanol–water partition coefficient (Wildman–Crippen LogP) is 3.97. The minimum atomic E-state index is -0.900. The molecular formula is C17H12ClNO4. The smallest absolute Gasteiger partial charge is 0.307 e. The summed E-state index contributed by atoms with van der Waals surface area (Å²) in [5.74, 6) is -1.11. The number of carboxylic acids is 1. The molecule has 23 heavy (non-hydrogen) atoms. The normalized spacial score (nSPS) is 10.7. The monoisotopic (exact) mass is 329 g/mol. The molecule has 2 N–H and O–H groups in total. The van der Waals surface area contributed by atoms with E-state index in [1.54, 1.807) is 48.5 Å². The van der Waals surface area contributed by atoms with Crippen LogP contribution in [-0.2, 0) is 11.2 Å². The van der Waals surface area contributed by atoms with Gasteiger partial charge in [0, 0.05) is 16.1 Å². The van der Waals surface area contributed by atoms with Gasteiger partial charge in [-0.3, -0.25) is 9.59 Å². The number of nitrogens with one attached hydrogen (secondary N) is 1. The first-order chi connectivity index (χ1) is 11.0. The molecule has 3 rings (SSSR count). The number of rotatable bonds is 4. The number of carbonyl (C=O) groups excluding carboxylic acids is 1. The second-order valence-corrected chi connectivity index (χ2v) is 5.45. The predicted molar refractivity (Wildman–Crippen MR) is 87.0 cm³/mol. The highest BCUT2D eigenvalue weighted by atomic mass is 35.5. The Kier molecular flexibility index (Phi) is 4.04. The summed E-state index contributed by atoms with van der Waals surface area (Å²) in [6.45, 7) is 0. The van der Waals surface area contributed by atoms with Crippen LogP contribution in [0.5, 0.6) is 0 Å². The SMILES string of the molecule is O=C(O)Cc1ccc(NC(=O)c2cc3cc(Cl)ccc3o2)cc1. The maximum Gasteiger partial charge on any atom is 0.307 e. The Hall–Kier alpha value is -2.79. The molecule has 0 spiro atoms. The van der Waals surface area contributed by atoms with Gasteiger partial charge >= 0.3 is 5.97 Å². The van der Waals surface area contributed by atoms with Crippen molar-refractivity contribution in [1.82, 2.24) is 0 Å². The Labute approximate surface area is 136 Å². The van der Waals surface area contributed by atoms with Crippen molar-refractivity contribution in [3.8, 4) is 0 Å². The number of benzene rings is 2. The van der Waals surface area contributed by atoms with Gasteiger partial charge in [0.05, 0.1) is 6.42 Å². The topological polar surface area (TPSA) is 79.5 Å². The number of fused-ring (bicyclic) bond motifs is 1. The summed E-state index contributed by atoms with van der Waals surface area (Å²) in [7, 11) is 0. The third-order valence-corrected chi connectivity index (χ3v) is 3.50. The maximum atomic E-state index is 12.2. The number of furan rings is 1. The van der Waals surface area contributed by atoms with E-state index in [0.29, 0.717) is 21.9 Å². The van der Waals surface area contributed by atoms with Crippen molar-refractivity contribution < 1.29 is 19.1 Å². The quantitative estimate of drug-likeness (QED) is 0.759. The number of amides is 1. The average molecular weight is 330 g/mol. The Morgan fingerprint density at radius 3 is 2.52 bits per heavy atom. The zero-order valence-electron chi connectivity index (χ0n) is 11.9. The second-order valence-electron chi connectivity index (χ2n) is 5.01. The van der Waals surface area contributed by atoms with Gasteiger partial charge in [0.15, 0.2) is 5.76 Å². The first kappa shape index (κ1) is 15.1. The standard InChI is InChI=1S/C17H12ClNO4/c18-12-3-6-14-11(8-12)9-15(23-14)17(22)19-13-4-1-10(2-5-13)7-16(20)21/h1-6,8-9H,7H2,(H,19,22)(H,20,21). The van der Waals surface area contributed by atoms with Crippen LogP contribution in [0.15, 0.2) is 52.9 Å². The minimum absolute atomic E-state index is 0.0570. The van der Waals surface area contributed by atoms with E-state index in [4.69, 9.17) is 21.1 Å². The molecular weight excluding hydrogens is 318 g/mol. The molecule has 0 aliphatic rings. The van der Waals surface area contributed by atoms with Crippen molar-refractivity contribution in [3.05, 3.63) is 64.9 Å². The lowest BCUT2D eigenvalue weighted by Crippen LogP contribution is -2.10. The van der Waals surface area contributed by atoms with Crippen molar-refractivity contribution in [2.45, 2.75) is 6.42 Å². The number of halogens is 1. The van der Waals surface area contributed by atoms with E-state index < -0.39 is 5.97 Å². The fraction of sp³-hybridized carbons (Fsp3) is 0.0588. The van der Waals surface area contributed by atoms with Gasteiger partial charge in [-0.05, 0) is 42.0 Å². The van der Waals surface area contributed by atoms with Gasteiger partial charge in [0.2, 0.25) is 0 Å². The van der Waals surface area contributed by atoms with Crippen LogP contribution in [0.3, 0.4) is 0 Å². The minimum Gasteiger partial charge on any atom is -0.481 e. The van der Waals surface area contributed by atoms with Crippen LogP contribution >= 0.6 is 11.6 Å². The molecule has 5 nitrogen and oxygen atoms in total. The molecule has 116 valence electrons. The van der Waals surface area contributed by atoms with E-state index in [9.17, 15) is 9.59 Å². The Balaban J connectivity index is 1.76. The molecule has 0 bridgehead atoms. The van der Waals surface area contributed by atoms with E-state index in [0.717, 1.165) is 5.39 Å². The first-order valence-corrected chi connectivity index (χ1v) is 7.20. The van der Waals surface area contributed by atoms with Crippen LogP contribution in [0, 0.1) is 0 Å². The van der Waals surface area contributed by atoms with Crippen LogP contribution in [-0.4, -0.2) is 17.0 Å². The molecule has 0 saturated heterocycles. The van der Waals surface area contributed by atoms with Crippen molar-refractivity contribution in [2.75, 3.05) is 5.32 Å². The van der Waals surface area contributed by atoms with Gasteiger partial charge < -0.3 is 14.8 Å². The highest BCUT2D eigenvalue weighted by molar-refractivity contribution is 6.31. The van der Waals surface area contributed by atoms with E-state index in [1.165, 1.54) is 0 Å². The zero-order valence-corrected chi connectivity index (χ0v) is 12.6. The van der Waals surface area contributed by atoms with Crippen LogP contribution < -0.4 is 5.32 Å². The van der Waals surface area contributed by atoms with Crippen LogP contribution in [0.1, 0.15) is 16.1 Å². The number of hydrogen-bond acceptors (Lipinski definition) is 3. The Morgan fingerprint density at radius 1 is 1.09 bits per heavy atom. The number of anilines is 1. The lowest BCUT2D eigenvalue weighted by Gasteiger charge is -2.04. The summed E-state index contributed by atoms with van der Waals surface area (Å²) in [6.07, 6.45) is -0.0570. The molecule has 1 aromatic heterocycles.